The highest BCUT2D eigenvalue weighted by Gasteiger charge is 2.50. The lowest BCUT2D eigenvalue weighted by Crippen LogP contribution is -2.67. The SMILES string of the molecule is C=CCCCNC(=O)[C@@H]1CCCN1C(=O)[C@H](CCCN=C(N)NS(=O)(=O)c1c(C)c(C)c2c(c1C)CC(C)(C)O2)NC(=O)C1(NC(=O)[C@@H]2CCCN2C(=O)[C@H](CC2CCCCC2)NC(=O)[C@@H](N)CCCC=C)CCC1. The number of nitrogens with two attached hydrogens (primary N) is 2. The third kappa shape index (κ3) is 14.5. The summed E-state index contributed by atoms with van der Waals surface area (Å²) < 4.78 is 36.4. The summed E-state index contributed by atoms with van der Waals surface area (Å²) in [5, 5.41) is 11.9. The van der Waals surface area contributed by atoms with Crippen LogP contribution in [0.2, 0.25) is 0 Å². The van der Waals surface area contributed by atoms with E-state index < -0.39 is 75.0 Å². The van der Waals surface area contributed by atoms with Crippen LogP contribution in [0.3, 0.4) is 0 Å². The summed E-state index contributed by atoms with van der Waals surface area (Å²) in [6.07, 6.45) is 16.3. The summed E-state index contributed by atoms with van der Waals surface area (Å²) in [5.74, 6) is -1.95. The highest BCUT2D eigenvalue weighted by Crippen LogP contribution is 2.44. The number of fused-ring (bicyclic) bond motifs is 1. The molecule has 5 atom stereocenters. The van der Waals surface area contributed by atoms with Crippen molar-refractivity contribution in [3.05, 3.63) is 47.6 Å². The predicted molar refractivity (Wildman–Crippen MR) is 289 cm³/mol. The van der Waals surface area contributed by atoms with Crippen molar-refractivity contribution >= 4 is 51.4 Å². The van der Waals surface area contributed by atoms with Crippen LogP contribution in [0.25, 0.3) is 0 Å². The Morgan fingerprint density at radius 1 is 0.787 bits per heavy atom. The number of nitrogens with one attached hydrogen (secondary N) is 5. The number of likely N-dealkylation sites (tertiary alicyclic amines) is 2. The molecule has 6 rings (SSSR count). The van der Waals surface area contributed by atoms with Gasteiger partial charge >= 0.3 is 0 Å². The van der Waals surface area contributed by atoms with Crippen LogP contribution >= 0.6 is 0 Å². The van der Waals surface area contributed by atoms with E-state index in [1.807, 2.05) is 20.8 Å². The van der Waals surface area contributed by atoms with Gasteiger partial charge in [-0.2, -0.15) is 0 Å². The maximum atomic E-state index is 14.6. The number of sulfonamides is 1. The molecule has 20 heteroatoms. The molecule has 75 heavy (non-hydrogen) atoms. The van der Waals surface area contributed by atoms with Crippen LogP contribution in [-0.2, 0) is 45.2 Å². The molecule has 0 radical (unpaired) electrons. The normalized spacial score (nSPS) is 21.4. The Hall–Kier alpha value is -5.50. The fourth-order valence-electron chi connectivity index (χ4n) is 11.6. The molecule has 2 saturated carbocycles. The first kappa shape index (κ1) is 58.8. The number of ether oxygens (including phenoxy) is 1. The zero-order valence-corrected chi connectivity index (χ0v) is 46.1. The summed E-state index contributed by atoms with van der Waals surface area (Å²) in [4.78, 5) is 92.5. The number of hydrogen-bond donors (Lipinski definition) is 7. The van der Waals surface area contributed by atoms with E-state index in [0.29, 0.717) is 120 Å². The molecule has 3 heterocycles. The molecule has 1 aromatic carbocycles. The molecular weight excluding hydrogens is 977 g/mol. The maximum absolute atomic E-state index is 14.6. The van der Waals surface area contributed by atoms with Crippen LogP contribution in [0.5, 0.6) is 5.75 Å². The molecule has 5 aliphatic rings. The predicted octanol–water partition coefficient (Wildman–Crippen LogP) is 4.43. The van der Waals surface area contributed by atoms with Crippen molar-refractivity contribution < 1.29 is 41.9 Å². The molecule has 0 aromatic heterocycles. The van der Waals surface area contributed by atoms with Gasteiger partial charge in [-0.15, -0.1) is 13.2 Å². The number of unbranched alkanes of at least 4 members (excludes halogenated alkanes) is 2. The fourth-order valence-corrected chi connectivity index (χ4v) is 13.2. The Morgan fingerprint density at radius 3 is 2.04 bits per heavy atom. The topological polar surface area (TPSA) is 277 Å². The third-order valence-electron chi connectivity index (χ3n) is 16.1. The molecule has 2 aliphatic carbocycles. The summed E-state index contributed by atoms with van der Waals surface area (Å²) in [7, 11) is -4.18. The van der Waals surface area contributed by atoms with Crippen molar-refractivity contribution in [3.8, 4) is 5.75 Å². The van der Waals surface area contributed by atoms with Gasteiger partial charge in [-0.25, -0.2) is 13.1 Å². The Labute approximate surface area is 445 Å². The van der Waals surface area contributed by atoms with Crippen molar-refractivity contribution in [1.82, 2.24) is 35.8 Å². The first-order valence-electron chi connectivity index (χ1n) is 27.6. The van der Waals surface area contributed by atoms with Crippen LogP contribution in [-0.4, -0.2) is 127 Å². The standard InChI is InChI=1S/C55H86N10O9S/c1-8-10-13-23-40(56)47(66)60-42(33-38-21-14-12-15-22-38)51(70)65-32-19-26-44(65)49(68)62-55(27-20-28-55)52(71)61-41(50(69)64-31-18-25-43(64)48(67)58-29-16-11-9-2)24-17-30-59-53(57)63-75(72,73)46-36(4)35(3)45-39(37(46)5)34-54(6,7)74-45/h8-9,38,40-44H,1-2,10-34,56H2,3-7H3,(H,58,67)(H,60,66)(H,61,71)(H,62,68)(H3,57,59,63)/t40-,41-,42-,43-,44-/m0/s1. The molecule has 1 aromatic rings. The second-order valence-corrected chi connectivity index (χ2v) is 23.9. The average molecular weight is 1060 g/mol. The molecule has 4 fully saturated rings. The number of guanidine groups is 1. The van der Waals surface area contributed by atoms with Gasteiger partial charge < -0.3 is 47.3 Å². The van der Waals surface area contributed by atoms with Gasteiger partial charge in [0.05, 0.1) is 10.9 Å². The van der Waals surface area contributed by atoms with Crippen LogP contribution in [0.4, 0.5) is 0 Å². The molecule has 9 N–H and O–H groups in total. The van der Waals surface area contributed by atoms with Crippen LogP contribution in [0.1, 0.15) is 165 Å². The van der Waals surface area contributed by atoms with Crippen molar-refractivity contribution in [3.63, 3.8) is 0 Å². The number of benzene rings is 1. The number of amides is 6. The highest BCUT2D eigenvalue weighted by atomic mass is 32.2. The quantitative estimate of drug-likeness (QED) is 0.0312. The van der Waals surface area contributed by atoms with E-state index in [-0.39, 0.29) is 48.0 Å². The lowest BCUT2D eigenvalue weighted by molar-refractivity contribution is -0.146. The molecule has 0 unspecified atom stereocenters. The summed E-state index contributed by atoms with van der Waals surface area (Å²) >= 11 is 0. The van der Waals surface area contributed by atoms with Crippen molar-refractivity contribution in [2.75, 3.05) is 26.2 Å². The molecule has 6 amide bonds. The lowest BCUT2D eigenvalue weighted by Gasteiger charge is -2.43. The summed E-state index contributed by atoms with van der Waals surface area (Å²) in [6.45, 7) is 17.7. The van der Waals surface area contributed by atoms with Crippen molar-refractivity contribution in [1.29, 1.82) is 0 Å². The Bertz CT molecular complexity index is 2430. The molecule has 19 nitrogen and oxygen atoms in total. The molecule has 2 saturated heterocycles. The van der Waals surface area contributed by atoms with E-state index >= 15 is 0 Å². The highest BCUT2D eigenvalue weighted by molar-refractivity contribution is 7.90. The minimum Gasteiger partial charge on any atom is -0.487 e. The number of carbonyl (C=O) groups excluding carboxylic acids is 6. The fraction of sp³-hybridized carbons (Fsp3) is 0.691. The van der Waals surface area contributed by atoms with Gasteiger partial charge in [-0.3, -0.25) is 33.8 Å². The zero-order chi connectivity index (χ0) is 54.7. The van der Waals surface area contributed by atoms with Gasteiger partial charge in [0.25, 0.3) is 10.0 Å². The minimum atomic E-state index is -4.18. The summed E-state index contributed by atoms with van der Waals surface area (Å²) in [6, 6.07) is -4.44. The first-order chi connectivity index (χ1) is 35.6. The van der Waals surface area contributed by atoms with Gasteiger partial charge in [0, 0.05) is 38.2 Å². The number of nitrogens with zero attached hydrogens (tertiary/aromatic N) is 3. The largest absolute Gasteiger partial charge is 0.487 e. The van der Waals surface area contributed by atoms with Gasteiger partial charge in [-0.1, -0.05) is 44.3 Å². The molecule has 3 aliphatic heterocycles. The number of rotatable bonds is 25. The smallest absolute Gasteiger partial charge is 0.264 e. The molecule has 0 bridgehead atoms. The van der Waals surface area contributed by atoms with Crippen molar-refractivity contribution in [2.45, 2.75) is 216 Å². The van der Waals surface area contributed by atoms with Crippen LogP contribution in [0, 0.1) is 26.7 Å². The van der Waals surface area contributed by atoms with Gasteiger partial charge in [0.15, 0.2) is 0 Å². The van der Waals surface area contributed by atoms with E-state index in [1.165, 1.54) is 9.80 Å². The van der Waals surface area contributed by atoms with E-state index in [1.54, 1.807) is 26.0 Å². The number of aliphatic imine (C=N–C) groups is 1. The second kappa shape index (κ2) is 26.0. The Kier molecular flexibility index (Phi) is 20.4. The third-order valence-corrected chi connectivity index (χ3v) is 17.7. The molecular formula is C55H86N10O9S. The minimum absolute atomic E-state index is 0.0126. The Balaban J connectivity index is 1.16. The number of hydrogen-bond acceptors (Lipinski definition) is 11. The van der Waals surface area contributed by atoms with Crippen LogP contribution in [0.15, 0.2) is 35.2 Å². The van der Waals surface area contributed by atoms with Gasteiger partial charge in [0.2, 0.25) is 41.4 Å². The average Bonchev–Trinajstić information content (AvgIpc) is 4.13. The lowest BCUT2D eigenvalue weighted by atomic mass is 9.75. The second-order valence-electron chi connectivity index (χ2n) is 22.2. The van der Waals surface area contributed by atoms with Crippen molar-refractivity contribution in [2.24, 2.45) is 22.4 Å². The Morgan fingerprint density at radius 2 is 1.41 bits per heavy atom. The first-order valence-corrected chi connectivity index (χ1v) is 29.1. The van der Waals surface area contributed by atoms with E-state index in [9.17, 15) is 37.2 Å². The summed E-state index contributed by atoms with van der Waals surface area (Å²) in [5.41, 5.74) is 13.3. The maximum Gasteiger partial charge on any atom is 0.264 e. The van der Waals surface area contributed by atoms with Gasteiger partial charge in [0.1, 0.15) is 41.1 Å². The van der Waals surface area contributed by atoms with E-state index in [2.05, 4.69) is 44.1 Å². The number of allylic oxidation sites excluding steroid dienone is 2. The molecule has 416 valence electrons. The van der Waals surface area contributed by atoms with Crippen LogP contribution < -0.4 is 42.2 Å². The van der Waals surface area contributed by atoms with Gasteiger partial charge in [-0.05, 0) is 154 Å². The molecule has 0 spiro atoms. The van der Waals surface area contributed by atoms with E-state index in [0.717, 1.165) is 49.7 Å². The monoisotopic (exact) mass is 1060 g/mol. The zero-order valence-electron chi connectivity index (χ0n) is 45.3. The number of carbonyl (C=O) groups is 6. The van der Waals surface area contributed by atoms with E-state index in [4.69, 9.17) is 16.2 Å².